The fourth-order valence-corrected chi connectivity index (χ4v) is 10.6. The molecule has 0 amide bonds. The Labute approximate surface area is 172 Å². The van der Waals surface area contributed by atoms with Crippen molar-refractivity contribution in [3.05, 3.63) is 0 Å². The third-order valence-corrected chi connectivity index (χ3v) is 12.3. The Morgan fingerprint density at radius 2 is 1.57 bits per heavy atom. The molecule has 2 heteroatoms. The molecule has 0 aromatic carbocycles. The van der Waals surface area contributed by atoms with Gasteiger partial charge in [-0.25, -0.2) is 0 Å². The summed E-state index contributed by atoms with van der Waals surface area (Å²) < 4.78 is 0. The average molecular weight is 387 g/mol. The first-order valence-corrected chi connectivity index (χ1v) is 12.2. The van der Waals surface area contributed by atoms with E-state index in [2.05, 4.69) is 34.6 Å². The smallest absolute Gasteiger partial charge is 0.120 e. The van der Waals surface area contributed by atoms with Crippen LogP contribution in [-0.4, -0.2) is 17.5 Å². The molecule has 0 aliphatic heterocycles. The normalized spacial score (nSPS) is 57.4. The lowest BCUT2D eigenvalue weighted by Gasteiger charge is -2.63. The summed E-state index contributed by atoms with van der Waals surface area (Å²) in [7, 11) is 0. The van der Waals surface area contributed by atoms with Gasteiger partial charge in [-0.05, 0) is 109 Å². The number of fused-ring (bicyclic) bond motifs is 2. The van der Waals surface area contributed by atoms with Crippen LogP contribution < -0.4 is 0 Å². The molecule has 0 unspecified atom stereocenters. The van der Waals surface area contributed by atoms with Gasteiger partial charge in [0, 0.05) is 6.42 Å². The molecule has 2 nitrogen and oxygen atoms in total. The minimum Gasteiger partial charge on any atom is -0.393 e. The van der Waals surface area contributed by atoms with Crippen LogP contribution in [0.2, 0.25) is 0 Å². The maximum absolute atomic E-state index is 11.2. The Bertz CT molecular complexity index is 684. The molecule has 28 heavy (non-hydrogen) atoms. The number of carbonyl (C=O) groups excluding carboxylic acids is 1. The molecular formula is C26H42O2. The highest BCUT2D eigenvalue weighted by molar-refractivity contribution is 5.49. The fourth-order valence-electron chi connectivity index (χ4n) is 10.6. The van der Waals surface area contributed by atoms with Gasteiger partial charge in [0.1, 0.15) is 6.29 Å². The molecule has 0 heterocycles. The zero-order valence-corrected chi connectivity index (χ0v) is 18.9. The van der Waals surface area contributed by atoms with Crippen LogP contribution in [0.5, 0.6) is 0 Å². The molecule has 5 saturated carbocycles. The number of hydrogen-bond donors (Lipinski definition) is 1. The van der Waals surface area contributed by atoms with Gasteiger partial charge in [0.05, 0.1) is 6.10 Å². The van der Waals surface area contributed by atoms with Gasteiger partial charge < -0.3 is 9.90 Å². The number of carbonyl (C=O) groups is 1. The molecular weight excluding hydrogens is 344 g/mol. The van der Waals surface area contributed by atoms with Gasteiger partial charge in [-0.2, -0.15) is 0 Å². The Morgan fingerprint density at radius 3 is 2.29 bits per heavy atom. The van der Waals surface area contributed by atoms with Crippen LogP contribution in [0.4, 0.5) is 0 Å². The van der Waals surface area contributed by atoms with E-state index in [-0.39, 0.29) is 11.5 Å². The number of aliphatic hydroxyl groups excluding tert-OH is 1. The molecule has 5 fully saturated rings. The maximum Gasteiger partial charge on any atom is 0.120 e. The van der Waals surface area contributed by atoms with E-state index in [0.717, 1.165) is 36.9 Å². The first-order valence-electron chi connectivity index (χ1n) is 12.2. The highest BCUT2D eigenvalue weighted by atomic mass is 16.3. The van der Waals surface area contributed by atoms with Gasteiger partial charge in [-0.3, -0.25) is 0 Å². The second-order valence-electron chi connectivity index (χ2n) is 12.9. The molecule has 0 bridgehead atoms. The lowest BCUT2D eigenvalue weighted by atomic mass is 9.42. The molecule has 5 rings (SSSR count). The number of rotatable bonds is 3. The van der Waals surface area contributed by atoms with E-state index >= 15 is 0 Å². The minimum atomic E-state index is -0.109. The molecule has 2 spiro atoms. The zero-order valence-electron chi connectivity index (χ0n) is 18.9. The summed E-state index contributed by atoms with van der Waals surface area (Å²) in [5, 5.41) is 10.8. The van der Waals surface area contributed by atoms with E-state index in [1.54, 1.807) is 0 Å². The summed E-state index contributed by atoms with van der Waals surface area (Å²) in [4.78, 5) is 11.2. The van der Waals surface area contributed by atoms with Crippen molar-refractivity contribution in [3.63, 3.8) is 0 Å². The molecule has 0 aromatic heterocycles. The van der Waals surface area contributed by atoms with Gasteiger partial charge >= 0.3 is 0 Å². The first-order chi connectivity index (χ1) is 13.1. The van der Waals surface area contributed by atoms with E-state index in [1.165, 1.54) is 51.4 Å². The Kier molecular flexibility index (Phi) is 3.95. The lowest BCUT2D eigenvalue weighted by molar-refractivity contribution is -0.161. The minimum absolute atomic E-state index is 0.0884. The van der Waals surface area contributed by atoms with Crippen molar-refractivity contribution in [1.82, 2.24) is 0 Å². The summed E-state index contributed by atoms with van der Waals surface area (Å²) in [6.07, 6.45) is 13.7. The third kappa shape index (κ3) is 1.98. The van der Waals surface area contributed by atoms with Crippen LogP contribution in [0, 0.1) is 50.7 Å². The number of aliphatic hydroxyl groups is 1. The van der Waals surface area contributed by atoms with Crippen LogP contribution >= 0.6 is 0 Å². The summed E-state index contributed by atoms with van der Waals surface area (Å²) in [5.41, 5.74) is 2.05. The molecule has 0 radical (unpaired) electrons. The van der Waals surface area contributed by atoms with Crippen molar-refractivity contribution in [2.24, 2.45) is 50.7 Å². The predicted molar refractivity (Wildman–Crippen MR) is 113 cm³/mol. The third-order valence-electron chi connectivity index (χ3n) is 12.3. The summed E-state index contributed by atoms with van der Waals surface area (Å²) in [6, 6.07) is 0. The van der Waals surface area contributed by atoms with E-state index < -0.39 is 0 Å². The monoisotopic (exact) mass is 386 g/mol. The Balaban J connectivity index is 1.50. The molecule has 5 aliphatic rings. The second-order valence-corrected chi connectivity index (χ2v) is 12.9. The number of hydrogen-bond acceptors (Lipinski definition) is 2. The molecule has 158 valence electrons. The van der Waals surface area contributed by atoms with Crippen LogP contribution in [-0.2, 0) is 4.79 Å². The van der Waals surface area contributed by atoms with Crippen LogP contribution in [0.1, 0.15) is 98.8 Å². The van der Waals surface area contributed by atoms with Gasteiger partial charge in [0.25, 0.3) is 0 Å². The van der Waals surface area contributed by atoms with Gasteiger partial charge in [-0.1, -0.05) is 34.6 Å². The fraction of sp³-hybridized carbons (Fsp3) is 0.962. The summed E-state index contributed by atoms with van der Waals surface area (Å²) >= 11 is 0. The highest BCUT2D eigenvalue weighted by Crippen LogP contribution is 2.89. The molecule has 9 atom stereocenters. The summed E-state index contributed by atoms with van der Waals surface area (Å²) in [6.45, 7) is 12.3. The van der Waals surface area contributed by atoms with E-state index in [9.17, 15) is 9.90 Å². The molecule has 5 aliphatic carbocycles. The molecule has 0 saturated heterocycles. The van der Waals surface area contributed by atoms with E-state index in [0.29, 0.717) is 27.6 Å². The molecule has 1 N–H and O–H groups in total. The standard InChI is InChI=1S/C26H42O2/c1-17(10-15-27)18-8-11-24(5)20-7-6-19-22(2,3)21(28)9-12-25(19)16-26(20,25)14-13-23(18,24)4/h15,17-21,28H,6-14,16H2,1-5H3/t17-,18-,19+,20+,21+,23-,24+,25-,26+/m1/s1. The Morgan fingerprint density at radius 1 is 0.893 bits per heavy atom. The van der Waals surface area contributed by atoms with Gasteiger partial charge in [-0.15, -0.1) is 0 Å². The van der Waals surface area contributed by atoms with Gasteiger partial charge in [0.2, 0.25) is 0 Å². The van der Waals surface area contributed by atoms with Gasteiger partial charge in [0.15, 0.2) is 0 Å². The largest absolute Gasteiger partial charge is 0.393 e. The van der Waals surface area contributed by atoms with Crippen molar-refractivity contribution in [2.45, 2.75) is 105 Å². The SMILES string of the molecule is C[C@H](CC=O)[C@H]1CC[C@@]2(C)[C@@H]3CC[C@H]4C(C)(C)[C@@H](O)CC[C@@]45C[C@@]35CC[C@]12C. The Hall–Kier alpha value is -0.370. The second kappa shape index (κ2) is 5.65. The summed E-state index contributed by atoms with van der Waals surface area (Å²) in [5.74, 6) is 2.84. The zero-order chi connectivity index (χ0) is 20.2. The van der Waals surface area contributed by atoms with Crippen molar-refractivity contribution in [3.8, 4) is 0 Å². The van der Waals surface area contributed by atoms with Crippen molar-refractivity contribution >= 4 is 6.29 Å². The number of aldehydes is 1. The predicted octanol–water partition coefficient (Wildman–Crippen LogP) is 6.01. The van der Waals surface area contributed by atoms with Crippen molar-refractivity contribution in [2.75, 3.05) is 0 Å². The average Bonchev–Trinajstić information content (AvgIpc) is 3.22. The molecule has 0 aromatic rings. The van der Waals surface area contributed by atoms with Crippen LogP contribution in [0.3, 0.4) is 0 Å². The van der Waals surface area contributed by atoms with Crippen molar-refractivity contribution in [1.29, 1.82) is 0 Å². The van der Waals surface area contributed by atoms with Crippen molar-refractivity contribution < 1.29 is 9.90 Å². The first kappa shape index (κ1) is 19.6. The quantitative estimate of drug-likeness (QED) is 0.603. The van der Waals surface area contributed by atoms with Crippen LogP contribution in [0.25, 0.3) is 0 Å². The highest BCUT2D eigenvalue weighted by Gasteiger charge is 2.82. The van der Waals surface area contributed by atoms with E-state index in [4.69, 9.17) is 0 Å². The maximum atomic E-state index is 11.2. The topological polar surface area (TPSA) is 37.3 Å². The van der Waals surface area contributed by atoms with Crippen LogP contribution in [0.15, 0.2) is 0 Å². The lowest BCUT2D eigenvalue weighted by Crippen LogP contribution is -2.57. The van der Waals surface area contributed by atoms with E-state index in [1.807, 2.05) is 0 Å².